The summed E-state index contributed by atoms with van der Waals surface area (Å²) in [5.74, 6) is 1.25. The first-order valence-electron chi connectivity index (χ1n) is 6.00. The smallest absolute Gasteiger partial charge is 0.232 e. The fourth-order valence-electron chi connectivity index (χ4n) is 1.70. The van der Waals surface area contributed by atoms with Crippen molar-refractivity contribution >= 4 is 16.7 Å². The summed E-state index contributed by atoms with van der Waals surface area (Å²) in [7, 11) is -1.00. The monoisotopic (exact) mass is 246 g/mol. The molecule has 0 spiro atoms. The molecular weight excluding hydrogens is 224 g/mol. The highest BCUT2D eigenvalue weighted by Crippen LogP contribution is 2.05. The maximum Gasteiger partial charge on any atom is 0.232 e. The van der Waals surface area contributed by atoms with E-state index in [2.05, 4.69) is 10.6 Å². The molecule has 2 N–H and O–H groups in total. The van der Waals surface area contributed by atoms with Crippen molar-refractivity contribution < 1.29 is 9.00 Å². The summed E-state index contributed by atoms with van der Waals surface area (Å²) < 4.78 is 11.6. The molecule has 1 heterocycles. The predicted molar refractivity (Wildman–Crippen MR) is 66.7 cm³/mol. The van der Waals surface area contributed by atoms with Gasteiger partial charge >= 0.3 is 0 Å². The van der Waals surface area contributed by atoms with Gasteiger partial charge in [0.15, 0.2) is 0 Å². The van der Waals surface area contributed by atoms with Crippen molar-refractivity contribution in [2.45, 2.75) is 32.7 Å². The Morgan fingerprint density at radius 3 is 2.50 bits per heavy atom. The average Bonchev–Trinajstić information content (AvgIpc) is 2.20. The van der Waals surface area contributed by atoms with Crippen LogP contribution < -0.4 is 10.6 Å². The van der Waals surface area contributed by atoms with Gasteiger partial charge in [-0.05, 0) is 18.8 Å². The average molecular weight is 246 g/mol. The van der Waals surface area contributed by atoms with E-state index in [-0.39, 0.29) is 17.7 Å². The Balaban J connectivity index is 2.19. The van der Waals surface area contributed by atoms with Crippen LogP contribution in [0.15, 0.2) is 0 Å². The molecule has 0 aliphatic carbocycles. The minimum atomic E-state index is -1.00. The van der Waals surface area contributed by atoms with Crippen LogP contribution in [0.3, 0.4) is 0 Å². The lowest BCUT2D eigenvalue weighted by atomic mass is 10.1. The Labute approximate surface area is 100 Å². The summed E-state index contributed by atoms with van der Waals surface area (Å²) in [5.41, 5.74) is 0. The molecule has 0 radical (unpaired) electrons. The van der Waals surface area contributed by atoms with Crippen molar-refractivity contribution in [1.29, 1.82) is 0 Å². The maximum absolute atomic E-state index is 11.6. The Morgan fingerprint density at radius 2 is 2.06 bits per heavy atom. The normalized spacial score (nSPS) is 18.2. The van der Waals surface area contributed by atoms with E-state index in [1.54, 1.807) is 0 Å². The van der Waals surface area contributed by atoms with Crippen LogP contribution >= 0.6 is 0 Å². The molecule has 0 aromatic carbocycles. The van der Waals surface area contributed by atoms with Gasteiger partial charge in [-0.15, -0.1) is 0 Å². The van der Waals surface area contributed by atoms with Gasteiger partial charge in [0.25, 0.3) is 0 Å². The van der Waals surface area contributed by atoms with E-state index < -0.39 is 10.8 Å². The molecule has 0 aromatic rings. The Bertz CT molecular complexity index is 250. The molecule has 0 saturated carbocycles. The van der Waals surface area contributed by atoms with Crippen LogP contribution in [-0.4, -0.2) is 40.8 Å². The zero-order valence-corrected chi connectivity index (χ0v) is 10.9. The number of hydrogen-bond acceptors (Lipinski definition) is 3. The summed E-state index contributed by atoms with van der Waals surface area (Å²) in [4.78, 5) is 11.5. The lowest BCUT2D eigenvalue weighted by Gasteiger charge is -2.26. The van der Waals surface area contributed by atoms with E-state index in [1.807, 2.05) is 13.8 Å². The largest absolute Gasteiger partial charge is 0.353 e. The minimum absolute atomic E-state index is 0.0701. The lowest BCUT2D eigenvalue weighted by Crippen LogP contribution is -2.46. The van der Waals surface area contributed by atoms with Gasteiger partial charge in [0.1, 0.15) is 5.75 Å². The van der Waals surface area contributed by atoms with E-state index in [4.69, 9.17) is 0 Å². The Morgan fingerprint density at radius 1 is 1.44 bits per heavy atom. The highest BCUT2D eigenvalue weighted by atomic mass is 32.2. The van der Waals surface area contributed by atoms with E-state index in [0.29, 0.717) is 11.7 Å². The standard InChI is InChI=1S/C11H22N2O2S/c1-3-10(4-2)13-11(14)8-16(15)7-9-5-12-6-9/h9-10,12H,3-8H2,1-2H3,(H,13,14). The van der Waals surface area contributed by atoms with Crippen molar-refractivity contribution in [2.24, 2.45) is 5.92 Å². The molecule has 4 nitrogen and oxygen atoms in total. The number of nitrogens with one attached hydrogen (secondary N) is 2. The van der Waals surface area contributed by atoms with Gasteiger partial charge in [-0.25, -0.2) is 0 Å². The fraction of sp³-hybridized carbons (Fsp3) is 0.909. The molecule has 1 saturated heterocycles. The van der Waals surface area contributed by atoms with Gasteiger partial charge in [-0.3, -0.25) is 9.00 Å². The first kappa shape index (κ1) is 13.6. The first-order valence-corrected chi connectivity index (χ1v) is 7.49. The molecule has 1 atom stereocenters. The summed E-state index contributed by atoms with van der Waals surface area (Å²) in [5, 5.41) is 6.04. The Kier molecular flexibility index (Phi) is 5.98. The van der Waals surface area contributed by atoms with E-state index in [0.717, 1.165) is 25.9 Å². The van der Waals surface area contributed by atoms with Gasteiger partial charge in [0.05, 0.1) is 0 Å². The summed E-state index contributed by atoms with van der Waals surface area (Å²) in [6, 6.07) is 0.231. The molecule has 1 fully saturated rings. The molecule has 16 heavy (non-hydrogen) atoms. The topological polar surface area (TPSA) is 58.2 Å². The second kappa shape index (κ2) is 7.01. The van der Waals surface area contributed by atoms with Gasteiger partial charge in [0, 0.05) is 35.7 Å². The zero-order chi connectivity index (χ0) is 12.0. The van der Waals surface area contributed by atoms with Gasteiger partial charge < -0.3 is 10.6 Å². The molecule has 1 rings (SSSR count). The third-order valence-corrected chi connectivity index (χ3v) is 4.36. The molecule has 0 bridgehead atoms. The van der Waals surface area contributed by atoms with Crippen molar-refractivity contribution in [3.63, 3.8) is 0 Å². The molecule has 1 aliphatic rings. The minimum Gasteiger partial charge on any atom is -0.353 e. The van der Waals surface area contributed by atoms with E-state index in [1.165, 1.54) is 0 Å². The summed E-state index contributed by atoms with van der Waals surface area (Å²) >= 11 is 0. The summed E-state index contributed by atoms with van der Waals surface area (Å²) in [6.07, 6.45) is 1.86. The van der Waals surface area contributed by atoms with Crippen LogP contribution in [0.25, 0.3) is 0 Å². The SMILES string of the molecule is CCC(CC)NC(=O)CS(=O)CC1CNC1. The Hall–Kier alpha value is -0.420. The predicted octanol–water partition coefficient (Wildman–Crippen LogP) is 0.259. The van der Waals surface area contributed by atoms with Crippen LogP contribution in [0.2, 0.25) is 0 Å². The van der Waals surface area contributed by atoms with Gasteiger partial charge in [-0.2, -0.15) is 0 Å². The molecule has 94 valence electrons. The molecule has 1 aliphatic heterocycles. The highest BCUT2D eigenvalue weighted by Gasteiger charge is 2.21. The number of carbonyl (C=O) groups excluding carboxylic acids is 1. The number of carbonyl (C=O) groups is 1. The third-order valence-electron chi connectivity index (χ3n) is 2.93. The molecule has 1 unspecified atom stereocenters. The maximum atomic E-state index is 11.6. The first-order chi connectivity index (χ1) is 7.65. The molecule has 1 amide bonds. The number of amides is 1. The van der Waals surface area contributed by atoms with Crippen molar-refractivity contribution in [3.05, 3.63) is 0 Å². The van der Waals surface area contributed by atoms with Crippen LogP contribution in [0.1, 0.15) is 26.7 Å². The summed E-state index contributed by atoms with van der Waals surface area (Å²) in [6.45, 7) is 5.98. The van der Waals surface area contributed by atoms with Crippen LogP contribution in [0, 0.1) is 5.92 Å². The van der Waals surface area contributed by atoms with Crippen molar-refractivity contribution in [2.75, 3.05) is 24.6 Å². The third kappa shape index (κ3) is 4.61. The van der Waals surface area contributed by atoms with Gasteiger partial charge in [0.2, 0.25) is 5.91 Å². The van der Waals surface area contributed by atoms with E-state index in [9.17, 15) is 9.00 Å². The quantitative estimate of drug-likeness (QED) is 0.677. The molecule has 0 aromatic heterocycles. The molecular formula is C11H22N2O2S. The van der Waals surface area contributed by atoms with Crippen molar-refractivity contribution in [3.8, 4) is 0 Å². The lowest BCUT2D eigenvalue weighted by molar-refractivity contribution is -0.119. The second-order valence-electron chi connectivity index (χ2n) is 4.36. The van der Waals surface area contributed by atoms with Crippen LogP contribution in [0.5, 0.6) is 0 Å². The zero-order valence-electron chi connectivity index (χ0n) is 10.1. The van der Waals surface area contributed by atoms with Crippen molar-refractivity contribution in [1.82, 2.24) is 10.6 Å². The molecule has 5 heteroatoms. The van der Waals surface area contributed by atoms with E-state index >= 15 is 0 Å². The number of rotatable bonds is 7. The fourth-order valence-corrected chi connectivity index (χ4v) is 2.95. The van der Waals surface area contributed by atoms with Crippen LogP contribution in [0.4, 0.5) is 0 Å². The second-order valence-corrected chi connectivity index (χ2v) is 5.86. The number of hydrogen-bond donors (Lipinski definition) is 2. The van der Waals surface area contributed by atoms with Crippen LogP contribution in [-0.2, 0) is 15.6 Å². The highest BCUT2D eigenvalue weighted by molar-refractivity contribution is 7.85. The van der Waals surface area contributed by atoms with Gasteiger partial charge in [-0.1, -0.05) is 13.8 Å².